The number of aryl methyl sites for hydroxylation is 1. The number of benzene rings is 1. The van der Waals surface area contributed by atoms with Gasteiger partial charge in [0.25, 0.3) is 0 Å². The van der Waals surface area contributed by atoms with Gasteiger partial charge in [0.2, 0.25) is 0 Å². The van der Waals surface area contributed by atoms with E-state index in [1.54, 1.807) is 25.4 Å². The van der Waals surface area contributed by atoms with E-state index in [2.05, 4.69) is 4.98 Å². The molecule has 1 aromatic carbocycles. The molecule has 0 aliphatic carbocycles. The van der Waals surface area contributed by atoms with E-state index in [0.717, 1.165) is 22.2 Å². The Morgan fingerprint density at radius 1 is 1.24 bits per heavy atom. The summed E-state index contributed by atoms with van der Waals surface area (Å²) in [7, 11) is 0. The van der Waals surface area contributed by atoms with Crippen LogP contribution in [0.3, 0.4) is 0 Å². The lowest BCUT2D eigenvalue weighted by molar-refractivity contribution is 0.591. The third-order valence-electron chi connectivity index (χ3n) is 3.43. The van der Waals surface area contributed by atoms with Gasteiger partial charge in [-0.25, -0.2) is 4.39 Å². The quantitative estimate of drug-likeness (QED) is 0.695. The Kier molecular flexibility index (Phi) is 3.69. The first-order valence-corrected chi connectivity index (χ1v) is 8.29. The lowest BCUT2D eigenvalue weighted by Gasteiger charge is -2.08. The maximum Gasteiger partial charge on any atom is 0.181 e. The molecular weight excluding hydrogens is 287 g/mol. The van der Waals surface area contributed by atoms with Crippen molar-refractivity contribution in [1.82, 2.24) is 9.55 Å². The number of halogens is 1. The smallest absolute Gasteiger partial charge is 0.181 e. The minimum absolute atomic E-state index is 0.211. The molecule has 1 atom stereocenters. The van der Waals surface area contributed by atoms with Crippen molar-refractivity contribution in [3.05, 3.63) is 54.1 Å². The Morgan fingerprint density at radius 2 is 2.05 bits per heavy atom. The minimum atomic E-state index is -0.923. The molecule has 5 heteroatoms. The molecule has 0 spiro atoms. The van der Waals surface area contributed by atoms with Crippen LogP contribution >= 0.6 is 0 Å². The summed E-state index contributed by atoms with van der Waals surface area (Å²) in [5, 5.41) is 0. The van der Waals surface area contributed by atoms with Gasteiger partial charge in [0.05, 0.1) is 17.3 Å². The Bertz CT molecular complexity index is 798. The number of fused-ring (bicyclic) bond motifs is 1. The summed E-state index contributed by atoms with van der Waals surface area (Å²) in [6.45, 7) is 1.74. The lowest BCUT2D eigenvalue weighted by atomic mass is 10.0. The number of hydrogen-bond donors (Lipinski definition) is 0. The highest BCUT2D eigenvalue weighted by atomic mass is 32.2. The van der Waals surface area contributed by atoms with Gasteiger partial charge in [0.1, 0.15) is 5.82 Å². The highest BCUT2D eigenvalue weighted by Gasteiger charge is 2.09. The van der Waals surface area contributed by atoms with Gasteiger partial charge in [-0.2, -0.15) is 0 Å². The first-order chi connectivity index (χ1) is 10.0. The number of pyridine rings is 1. The first kappa shape index (κ1) is 14.1. The summed E-state index contributed by atoms with van der Waals surface area (Å²) in [4.78, 5) is 4.42. The Labute approximate surface area is 125 Å². The molecule has 1 unspecified atom stereocenters. The topological polar surface area (TPSA) is 40.9 Å². The fourth-order valence-electron chi connectivity index (χ4n) is 2.35. The molecule has 3 rings (SSSR count). The fraction of sp³-hybridized carbons (Fsp3) is 0.188. The van der Waals surface area contributed by atoms with E-state index in [0.29, 0.717) is 11.4 Å². The third-order valence-corrected chi connectivity index (χ3v) is 4.07. The van der Waals surface area contributed by atoms with E-state index in [1.807, 2.05) is 29.0 Å². The van der Waals surface area contributed by atoms with Crippen molar-refractivity contribution in [2.24, 2.45) is 0 Å². The van der Waals surface area contributed by atoms with Crippen LogP contribution in [0.15, 0.2) is 42.7 Å². The standard InChI is InChI=1S/C16H15FN2OS/c1-11-7-12(3-4-14(11)17)13-8-16-15(18-9-13)5-6-19(16)10-21(2)20/h3-9H,10H2,1-2H3. The van der Waals surface area contributed by atoms with Crippen molar-refractivity contribution in [2.45, 2.75) is 12.8 Å². The van der Waals surface area contributed by atoms with Crippen molar-refractivity contribution in [3.63, 3.8) is 0 Å². The van der Waals surface area contributed by atoms with Crippen LogP contribution in [0, 0.1) is 12.7 Å². The second kappa shape index (κ2) is 5.50. The molecule has 3 nitrogen and oxygen atoms in total. The lowest BCUT2D eigenvalue weighted by Crippen LogP contribution is -2.07. The highest BCUT2D eigenvalue weighted by molar-refractivity contribution is 7.89. The molecular formula is C16H15FN2OS. The van der Waals surface area contributed by atoms with Crippen molar-refractivity contribution in [3.8, 4) is 11.1 Å². The molecule has 0 N–H and O–H groups in total. The number of nitrogens with zero attached hydrogens (tertiary/aromatic N) is 2. The highest BCUT2D eigenvalue weighted by Crippen LogP contribution is 2.25. The number of hydrogen-bond acceptors (Lipinski definition) is 2. The molecule has 2 heterocycles. The zero-order valence-corrected chi connectivity index (χ0v) is 12.7. The predicted molar refractivity (Wildman–Crippen MR) is 83.9 cm³/mol. The molecule has 0 saturated heterocycles. The summed E-state index contributed by atoms with van der Waals surface area (Å²) in [6.07, 6.45) is 5.34. The van der Waals surface area contributed by atoms with Crippen LogP contribution in [0.1, 0.15) is 5.56 Å². The zero-order chi connectivity index (χ0) is 15.0. The maximum absolute atomic E-state index is 13.4. The SMILES string of the molecule is Cc1cc(-c2cnc3ccn(C[S+](C)[O-])c3c2)ccc1F. The molecule has 3 aromatic rings. The van der Waals surface area contributed by atoms with Gasteiger partial charge >= 0.3 is 0 Å². The Balaban J connectivity index is 2.08. The van der Waals surface area contributed by atoms with Gasteiger partial charge in [-0.15, -0.1) is 0 Å². The Hall–Kier alpha value is -1.85. The summed E-state index contributed by atoms with van der Waals surface area (Å²) in [6, 6.07) is 8.93. The van der Waals surface area contributed by atoms with Crippen molar-refractivity contribution >= 4 is 22.2 Å². The van der Waals surface area contributed by atoms with Gasteiger partial charge < -0.3 is 9.12 Å². The van der Waals surface area contributed by atoms with Gasteiger partial charge in [-0.1, -0.05) is 6.07 Å². The van der Waals surface area contributed by atoms with Crippen molar-refractivity contribution in [1.29, 1.82) is 0 Å². The van der Waals surface area contributed by atoms with E-state index in [-0.39, 0.29) is 5.82 Å². The van der Waals surface area contributed by atoms with E-state index < -0.39 is 11.2 Å². The van der Waals surface area contributed by atoms with Crippen LogP contribution in [-0.4, -0.2) is 20.4 Å². The van der Waals surface area contributed by atoms with E-state index in [1.165, 1.54) is 6.07 Å². The molecule has 21 heavy (non-hydrogen) atoms. The van der Waals surface area contributed by atoms with Gasteiger partial charge in [0.15, 0.2) is 5.88 Å². The number of rotatable bonds is 3. The van der Waals surface area contributed by atoms with Gasteiger partial charge in [-0.3, -0.25) is 4.98 Å². The van der Waals surface area contributed by atoms with Crippen LogP contribution < -0.4 is 0 Å². The molecule has 2 aromatic heterocycles. The molecule has 0 bridgehead atoms. The molecule has 0 amide bonds. The molecule has 0 radical (unpaired) electrons. The average molecular weight is 302 g/mol. The predicted octanol–water partition coefficient (Wildman–Crippen LogP) is 3.49. The fourth-order valence-corrected chi connectivity index (χ4v) is 2.97. The summed E-state index contributed by atoms with van der Waals surface area (Å²) in [5.41, 5.74) is 4.26. The monoisotopic (exact) mass is 302 g/mol. The third kappa shape index (κ3) is 2.80. The summed E-state index contributed by atoms with van der Waals surface area (Å²) in [5.74, 6) is 0.231. The van der Waals surface area contributed by atoms with E-state index in [9.17, 15) is 8.94 Å². The molecule has 108 valence electrons. The molecule has 0 saturated carbocycles. The largest absolute Gasteiger partial charge is 0.615 e. The summed E-state index contributed by atoms with van der Waals surface area (Å²) >= 11 is -0.923. The van der Waals surface area contributed by atoms with Crippen LogP contribution in [0.2, 0.25) is 0 Å². The van der Waals surface area contributed by atoms with Crippen LogP contribution in [0.25, 0.3) is 22.2 Å². The van der Waals surface area contributed by atoms with E-state index in [4.69, 9.17) is 0 Å². The Morgan fingerprint density at radius 3 is 2.76 bits per heavy atom. The molecule has 0 aliphatic rings. The van der Waals surface area contributed by atoms with Crippen LogP contribution in [-0.2, 0) is 17.1 Å². The van der Waals surface area contributed by atoms with Crippen LogP contribution in [0.4, 0.5) is 4.39 Å². The van der Waals surface area contributed by atoms with E-state index >= 15 is 0 Å². The summed E-state index contributed by atoms with van der Waals surface area (Å²) < 4.78 is 26.7. The molecule has 0 fully saturated rings. The maximum atomic E-state index is 13.4. The van der Waals surface area contributed by atoms with Crippen molar-refractivity contribution in [2.75, 3.05) is 6.26 Å². The van der Waals surface area contributed by atoms with Gasteiger partial charge in [-0.05, 0) is 53.5 Å². The normalized spacial score (nSPS) is 12.8. The van der Waals surface area contributed by atoms with Gasteiger partial charge in [0, 0.05) is 18.0 Å². The van der Waals surface area contributed by atoms with Crippen molar-refractivity contribution < 1.29 is 8.94 Å². The number of aromatic nitrogens is 2. The average Bonchev–Trinajstić information content (AvgIpc) is 2.84. The second-order valence-electron chi connectivity index (χ2n) is 5.08. The van der Waals surface area contributed by atoms with Crippen LogP contribution in [0.5, 0.6) is 0 Å². The first-order valence-electron chi connectivity index (χ1n) is 6.56. The second-order valence-corrected chi connectivity index (χ2v) is 6.48. The zero-order valence-electron chi connectivity index (χ0n) is 11.8. The minimum Gasteiger partial charge on any atom is -0.615 e. The molecule has 0 aliphatic heterocycles.